The molecule has 0 saturated carbocycles. The molecule has 3 amide bonds. The van der Waals surface area contributed by atoms with E-state index in [1.165, 1.54) is 53.7 Å². The normalized spacial score (nSPS) is 19.1. The van der Waals surface area contributed by atoms with Crippen LogP contribution in [-0.2, 0) is 24.4 Å². The van der Waals surface area contributed by atoms with Crippen molar-refractivity contribution in [2.45, 2.75) is 43.0 Å². The molecule has 9 nitrogen and oxygen atoms in total. The SMILES string of the molecule is CC(=O)Nc1ccc(S(=O)(=O)N2CCC(NC(=O)C3CC(=O)Nc4cc(F)ccc43)CC2)cc1. The summed E-state index contributed by atoms with van der Waals surface area (Å²) < 4.78 is 40.8. The number of sulfonamides is 1. The van der Waals surface area contributed by atoms with Gasteiger partial charge in [0.05, 0.1) is 10.8 Å². The van der Waals surface area contributed by atoms with Crippen LogP contribution in [0, 0.1) is 5.82 Å². The van der Waals surface area contributed by atoms with Crippen molar-refractivity contribution >= 4 is 39.1 Å². The monoisotopic (exact) mass is 488 g/mol. The molecule has 1 fully saturated rings. The first-order chi connectivity index (χ1) is 16.1. The van der Waals surface area contributed by atoms with Crippen LogP contribution in [0.5, 0.6) is 0 Å². The Labute approximate surface area is 196 Å². The zero-order valence-electron chi connectivity index (χ0n) is 18.5. The van der Waals surface area contributed by atoms with Crippen molar-refractivity contribution in [3.63, 3.8) is 0 Å². The van der Waals surface area contributed by atoms with Gasteiger partial charge in [0.2, 0.25) is 27.7 Å². The van der Waals surface area contributed by atoms with E-state index in [1.807, 2.05) is 0 Å². The minimum atomic E-state index is -3.71. The minimum absolute atomic E-state index is 0.0355. The lowest BCUT2D eigenvalue weighted by Gasteiger charge is -2.33. The quantitative estimate of drug-likeness (QED) is 0.595. The number of piperidine rings is 1. The van der Waals surface area contributed by atoms with Crippen LogP contribution in [0.2, 0.25) is 0 Å². The third-order valence-electron chi connectivity index (χ3n) is 5.98. The van der Waals surface area contributed by atoms with Gasteiger partial charge in [0.1, 0.15) is 5.82 Å². The second-order valence-corrected chi connectivity index (χ2v) is 10.4. The Morgan fingerprint density at radius 3 is 2.41 bits per heavy atom. The lowest BCUT2D eigenvalue weighted by atomic mass is 9.89. The maximum absolute atomic E-state index is 13.5. The topological polar surface area (TPSA) is 125 Å². The number of nitrogens with one attached hydrogen (secondary N) is 3. The van der Waals surface area contributed by atoms with Gasteiger partial charge in [-0.2, -0.15) is 4.31 Å². The van der Waals surface area contributed by atoms with Gasteiger partial charge in [-0.15, -0.1) is 0 Å². The van der Waals surface area contributed by atoms with Crippen molar-refractivity contribution in [2.75, 3.05) is 23.7 Å². The fraction of sp³-hybridized carbons (Fsp3) is 0.348. The molecule has 3 N–H and O–H groups in total. The Balaban J connectivity index is 1.37. The first-order valence-electron chi connectivity index (χ1n) is 10.9. The smallest absolute Gasteiger partial charge is 0.243 e. The molecular weight excluding hydrogens is 463 g/mol. The number of fused-ring (bicyclic) bond motifs is 1. The first-order valence-corrected chi connectivity index (χ1v) is 12.3. The molecule has 2 aliphatic rings. The van der Waals surface area contributed by atoms with Crippen molar-refractivity contribution in [3.8, 4) is 0 Å². The van der Waals surface area contributed by atoms with Crippen LogP contribution in [-0.4, -0.2) is 49.6 Å². The third kappa shape index (κ3) is 5.10. The number of nitrogens with zero attached hydrogens (tertiary/aromatic N) is 1. The number of hydrogen-bond acceptors (Lipinski definition) is 5. The number of hydrogen-bond donors (Lipinski definition) is 3. The Morgan fingerprint density at radius 1 is 1.09 bits per heavy atom. The van der Waals surface area contributed by atoms with Gasteiger partial charge < -0.3 is 16.0 Å². The van der Waals surface area contributed by atoms with Crippen LogP contribution in [0.25, 0.3) is 0 Å². The number of amides is 3. The molecule has 1 atom stereocenters. The largest absolute Gasteiger partial charge is 0.353 e. The highest BCUT2D eigenvalue weighted by Gasteiger charge is 2.34. The van der Waals surface area contributed by atoms with Crippen LogP contribution in [0.1, 0.15) is 37.7 Å². The number of carbonyl (C=O) groups excluding carboxylic acids is 3. The van der Waals surface area contributed by atoms with E-state index in [9.17, 15) is 27.2 Å². The molecule has 11 heteroatoms. The molecule has 0 radical (unpaired) electrons. The van der Waals surface area contributed by atoms with E-state index in [4.69, 9.17) is 0 Å². The highest BCUT2D eigenvalue weighted by Crippen LogP contribution is 2.33. The van der Waals surface area contributed by atoms with E-state index in [0.29, 0.717) is 29.8 Å². The van der Waals surface area contributed by atoms with Crippen LogP contribution < -0.4 is 16.0 Å². The van der Waals surface area contributed by atoms with Crippen molar-refractivity contribution in [3.05, 3.63) is 53.8 Å². The molecule has 1 unspecified atom stereocenters. The van der Waals surface area contributed by atoms with Gasteiger partial charge in [-0.05, 0) is 54.8 Å². The maximum Gasteiger partial charge on any atom is 0.243 e. The van der Waals surface area contributed by atoms with E-state index in [-0.39, 0.29) is 48.2 Å². The fourth-order valence-corrected chi connectivity index (χ4v) is 5.75. The predicted molar refractivity (Wildman–Crippen MR) is 123 cm³/mol. The molecule has 4 rings (SSSR count). The van der Waals surface area contributed by atoms with Crippen molar-refractivity contribution in [1.82, 2.24) is 9.62 Å². The van der Waals surface area contributed by atoms with E-state index in [2.05, 4.69) is 16.0 Å². The lowest BCUT2D eigenvalue weighted by Crippen LogP contribution is -2.48. The summed E-state index contributed by atoms with van der Waals surface area (Å²) in [6.07, 6.45) is 0.806. The summed E-state index contributed by atoms with van der Waals surface area (Å²) in [5, 5.41) is 8.11. The number of anilines is 2. The molecule has 0 bridgehead atoms. The molecule has 34 heavy (non-hydrogen) atoms. The van der Waals surface area contributed by atoms with E-state index >= 15 is 0 Å². The zero-order valence-corrected chi connectivity index (χ0v) is 19.3. The second-order valence-electron chi connectivity index (χ2n) is 8.43. The fourth-order valence-electron chi connectivity index (χ4n) is 4.28. The molecule has 2 aliphatic heterocycles. The molecule has 2 aromatic rings. The highest BCUT2D eigenvalue weighted by atomic mass is 32.2. The van der Waals surface area contributed by atoms with Gasteiger partial charge in [-0.1, -0.05) is 6.07 Å². The number of halogens is 1. The second kappa shape index (κ2) is 9.51. The Hall–Kier alpha value is -3.31. The summed E-state index contributed by atoms with van der Waals surface area (Å²) in [4.78, 5) is 36.2. The molecular formula is C23H25FN4O5S. The maximum atomic E-state index is 13.5. The number of carbonyl (C=O) groups is 3. The highest BCUT2D eigenvalue weighted by molar-refractivity contribution is 7.89. The minimum Gasteiger partial charge on any atom is -0.353 e. The molecule has 180 valence electrons. The van der Waals surface area contributed by atoms with E-state index in [1.54, 1.807) is 0 Å². The van der Waals surface area contributed by atoms with Gasteiger partial charge in [-0.25, -0.2) is 12.8 Å². The summed E-state index contributed by atoms with van der Waals surface area (Å²) in [5.74, 6) is -2.17. The summed E-state index contributed by atoms with van der Waals surface area (Å²) in [7, 11) is -3.71. The summed E-state index contributed by atoms with van der Waals surface area (Å²) >= 11 is 0. The Morgan fingerprint density at radius 2 is 1.76 bits per heavy atom. The van der Waals surface area contributed by atoms with Gasteiger partial charge in [0, 0.05) is 43.9 Å². The Kier molecular flexibility index (Phi) is 6.67. The average Bonchev–Trinajstić information content (AvgIpc) is 2.78. The zero-order chi connectivity index (χ0) is 24.5. The lowest BCUT2D eigenvalue weighted by molar-refractivity contribution is -0.127. The molecule has 0 aromatic heterocycles. The molecule has 1 saturated heterocycles. The van der Waals surface area contributed by atoms with E-state index in [0.717, 1.165) is 0 Å². The van der Waals surface area contributed by atoms with Gasteiger partial charge in [-0.3, -0.25) is 14.4 Å². The van der Waals surface area contributed by atoms with E-state index < -0.39 is 21.8 Å². The van der Waals surface area contributed by atoms with Crippen LogP contribution in [0.15, 0.2) is 47.4 Å². The molecule has 0 aliphatic carbocycles. The number of rotatable bonds is 5. The van der Waals surface area contributed by atoms with Gasteiger partial charge in [0.15, 0.2) is 0 Å². The van der Waals surface area contributed by atoms with Crippen molar-refractivity contribution in [2.24, 2.45) is 0 Å². The van der Waals surface area contributed by atoms with Crippen LogP contribution in [0.4, 0.5) is 15.8 Å². The molecule has 2 aromatic carbocycles. The average molecular weight is 489 g/mol. The standard InChI is InChI=1S/C23H25FN4O5S/c1-14(29)25-16-3-5-18(6-4-16)34(32,33)28-10-8-17(9-11-28)26-23(31)20-13-22(30)27-21-12-15(24)2-7-19(20)21/h2-7,12,17,20H,8-11,13H2,1H3,(H,25,29)(H,26,31)(H,27,30). The van der Waals surface area contributed by atoms with Gasteiger partial charge in [0.25, 0.3) is 0 Å². The predicted octanol–water partition coefficient (Wildman–Crippen LogP) is 2.18. The van der Waals surface area contributed by atoms with Crippen LogP contribution in [0.3, 0.4) is 0 Å². The molecule has 0 spiro atoms. The molecule has 2 heterocycles. The number of benzene rings is 2. The van der Waals surface area contributed by atoms with Gasteiger partial charge >= 0.3 is 0 Å². The third-order valence-corrected chi connectivity index (χ3v) is 7.90. The van der Waals surface area contributed by atoms with Crippen molar-refractivity contribution < 1.29 is 27.2 Å². The summed E-state index contributed by atoms with van der Waals surface area (Å²) in [5.41, 5.74) is 1.36. The van der Waals surface area contributed by atoms with Crippen molar-refractivity contribution in [1.29, 1.82) is 0 Å². The summed E-state index contributed by atoms with van der Waals surface area (Å²) in [6.45, 7) is 1.83. The first kappa shape index (κ1) is 23.8. The summed E-state index contributed by atoms with van der Waals surface area (Å²) in [6, 6.07) is 9.67. The van der Waals surface area contributed by atoms with Crippen LogP contribution >= 0.6 is 0 Å². The Bertz CT molecular complexity index is 1220.